The summed E-state index contributed by atoms with van der Waals surface area (Å²) in [7, 11) is 0. The number of aromatic nitrogens is 2. The smallest absolute Gasteiger partial charge is 0.259 e. The van der Waals surface area contributed by atoms with Gasteiger partial charge < -0.3 is 9.67 Å². The van der Waals surface area contributed by atoms with Gasteiger partial charge in [0, 0.05) is 10.9 Å². The summed E-state index contributed by atoms with van der Waals surface area (Å²) in [4.78, 5) is 17.2. The van der Waals surface area contributed by atoms with Gasteiger partial charge in [0.25, 0.3) is 5.56 Å². The first-order chi connectivity index (χ1) is 12.2. The molecular formula is C21H16N2O2. The lowest BCUT2D eigenvalue weighted by Crippen LogP contribution is -2.23. The number of pyridine rings is 2. The number of benzene rings is 2. The van der Waals surface area contributed by atoms with Crippen molar-refractivity contribution >= 4 is 10.9 Å². The van der Waals surface area contributed by atoms with E-state index < -0.39 is 0 Å². The Kier molecular flexibility index (Phi) is 3.78. The molecule has 0 saturated heterocycles. The molecule has 25 heavy (non-hydrogen) atoms. The van der Waals surface area contributed by atoms with Crippen molar-refractivity contribution in [3.8, 4) is 16.9 Å². The van der Waals surface area contributed by atoms with Crippen molar-refractivity contribution in [1.82, 2.24) is 9.55 Å². The summed E-state index contributed by atoms with van der Waals surface area (Å²) in [5.74, 6) is 0.0662. The lowest BCUT2D eigenvalue weighted by molar-refractivity contribution is 0.479. The molecule has 4 rings (SSSR count). The third-order valence-electron chi connectivity index (χ3n) is 4.27. The molecule has 0 atom stereocenters. The quantitative estimate of drug-likeness (QED) is 0.622. The zero-order valence-corrected chi connectivity index (χ0v) is 13.5. The molecule has 0 spiro atoms. The Morgan fingerprint density at radius 1 is 0.920 bits per heavy atom. The van der Waals surface area contributed by atoms with Gasteiger partial charge >= 0.3 is 0 Å². The van der Waals surface area contributed by atoms with Gasteiger partial charge in [-0.05, 0) is 17.2 Å². The fraction of sp³-hybridized carbons (Fsp3) is 0.0476. The Labute approximate surface area is 144 Å². The molecule has 4 heteroatoms. The largest absolute Gasteiger partial charge is 0.506 e. The van der Waals surface area contributed by atoms with Gasteiger partial charge in [0.1, 0.15) is 5.75 Å². The fourth-order valence-corrected chi connectivity index (χ4v) is 3.02. The Bertz CT molecular complexity index is 1090. The molecule has 0 aliphatic carbocycles. The van der Waals surface area contributed by atoms with E-state index in [0.717, 1.165) is 11.1 Å². The number of hydrogen-bond donors (Lipinski definition) is 1. The van der Waals surface area contributed by atoms with Crippen molar-refractivity contribution in [3.05, 3.63) is 95.0 Å². The number of fused-ring (bicyclic) bond motifs is 1. The first-order valence-electron chi connectivity index (χ1n) is 8.04. The van der Waals surface area contributed by atoms with Crippen LogP contribution >= 0.6 is 0 Å². The van der Waals surface area contributed by atoms with E-state index in [0.29, 0.717) is 23.0 Å². The lowest BCUT2D eigenvalue weighted by Gasteiger charge is -2.14. The number of rotatable bonds is 3. The number of aromatic hydroxyl groups is 1. The first-order valence-corrected chi connectivity index (χ1v) is 8.04. The Morgan fingerprint density at radius 2 is 1.60 bits per heavy atom. The minimum atomic E-state index is -0.102. The minimum absolute atomic E-state index is 0.0662. The topological polar surface area (TPSA) is 55.1 Å². The summed E-state index contributed by atoms with van der Waals surface area (Å²) < 4.78 is 1.67. The highest BCUT2D eigenvalue weighted by Crippen LogP contribution is 2.27. The van der Waals surface area contributed by atoms with Gasteiger partial charge in [-0.2, -0.15) is 0 Å². The van der Waals surface area contributed by atoms with Crippen molar-refractivity contribution in [1.29, 1.82) is 0 Å². The van der Waals surface area contributed by atoms with Crippen LogP contribution in [0, 0.1) is 0 Å². The molecule has 2 aromatic carbocycles. The summed E-state index contributed by atoms with van der Waals surface area (Å²) in [5.41, 5.74) is 2.92. The highest BCUT2D eigenvalue weighted by molar-refractivity contribution is 5.88. The first kappa shape index (κ1) is 15.1. The Hall–Kier alpha value is -3.40. The maximum absolute atomic E-state index is 13.2. The molecule has 0 amide bonds. The van der Waals surface area contributed by atoms with Crippen LogP contribution in [0.4, 0.5) is 0 Å². The molecule has 0 saturated carbocycles. The Morgan fingerprint density at radius 3 is 2.32 bits per heavy atom. The molecule has 0 fully saturated rings. The van der Waals surface area contributed by atoms with Gasteiger partial charge in [-0.25, -0.2) is 0 Å². The molecule has 0 aliphatic heterocycles. The van der Waals surface area contributed by atoms with Crippen LogP contribution in [0.25, 0.3) is 22.0 Å². The predicted octanol–water partition coefficient (Wildman–Crippen LogP) is 3.82. The summed E-state index contributed by atoms with van der Waals surface area (Å²) in [6, 6.07) is 21.0. The number of nitrogens with zero attached hydrogens (tertiary/aromatic N) is 2. The van der Waals surface area contributed by atoms with Crippen LogP contribution in [-0.2, 0) is 6.54 Å². The maximum atomic E-state index is 13.2. The zero-order chi connectivity index (χ0) is 17.2. The van der Waals surface area contributed by atoms with E-state index in [4.69, 9.17) is 0 Å². The van der Waals surface area contributed by atoms with Crippen molar-refractivity contribution < 1.29 is 5.11 Å². The Balaban J connectivity index is 2.01. The van der Waals surface area contributed by atoms with Crippen LogP contribution < -0.4 is 5.56 Å². The van der Waals surface area contributed by atoms with Gasteiger partial charge in [-0.15, -0.1) is 0 Å². The molecule has 2 aromatic heterocycles. The van der Waals surface area contributed by atoms with E-state index in [1.54, 1.807) is 16.8 Å². The zero-order valence-electron chi connectivity index (χ0n) is 13.5. The van der Waals surface area contributed by atoms with Crippen molar-refractivity contribution in [2.45, 2.75) is 6.54 Å². The van der Waals surface area contributed by atoms with E-state index in [1.165, 1.54) is 6.20 Å². The second-order valence-corrected chi connectivity index (χ2v) is 5.89. The maximum Gasteiger partial charge on any atom is 0.259 e. The third-order valence-corrected chi connectivity index (χ3v) is 4.27. The normalized spacial score (nSPS) is 10.9. The van der Waals surface area contributed by atoms with Crippen LogP contribution in [0.2, 0.25) is 0 Å². The van der Waals surface area contributed by atoms with E-state index in [9.17, 15) is 9.90 Å². The van der Waals surface area contributed by atoms with E-state index in [2.05, 4.69) is 4.98 Å². The molecule has 2 heterocycles. The number of hydrogen-bond acceptors (Lipinski definition) is 3. The summed E-state index contributed by atoms with van der Waals surface area (Å²) in [6.07, 6.45) is 3.02. The lowest BCUT2D eigenvalue weighted by atomic mass is 10.0. The van der Waals surface area contributed by atoms with Crippen LogP contribution in [0.1, 0.15) is 5.56 Å². The fourth-order valence-electron chi connectivity index (χ4n) is 3.02. The molecule has 1 N–H and O–H groups in total. The highest BCUT2D eigenvalue weighted by Gasteiger charge is 2.13. The predicted molar refractivity (Wildman–Crippen MR) is 98.6 cm³/mol. The van der Waals surface area contributed by atoms with Gasteiger partial charge in [0.05, 0.1) is 24.5 Å². The minimum Gasteiger partial charge on any atom is -0.506 e. The van der Waals surface area contributed by atoms with Crippen molar-refractivity contribution in [3.63, 3.8) is 0 Å². The average Bonchev–Trinajstić information content (AvgIpc) is 2.66. The van der Waals surface area contributed by atoms with Crippen molar-refractivity contribution in [2.24, 2.45) is 0 Å². The molecule has 0 aliphatic rings. The average molecular weight is 328 g/mol. The third kappa shape index (κ3) is 2.78. The second kappa shape index (κ2) is 6.24. The van der Waals surface area contributed by atoms with E-state index in [1.807, 2.05) is 60.7 Å². The molecule has 4 nitrogen and oxygen atoms in total. The molecule has 0 bridgehead atoms. The van der Waals surface area contributed by atoms with Gasteiger partial charge in [0.2, 0.25) is 0 Å². The molecule has 4 aromatic rings. The standard InChI is InChI=1S/C21H16N2O2/c24-20-13-22-12-19-18(20)11-17(16-9-5-2-6-10-16)21(25)23(19)14-15-7-3-1-4-8-15/h1-13,24H,14H2. The molecule has 0 unspecified atom stereocenters. The van der Waals surface area contributed by atoms with E-state index >= 15 is 0 Å². The van der Waals surface area contributed by atoms with E-state index in [-0.39, 0.29) is 11.3 Å². The van der Waals surface area contributed by atoms with Crippen LogP contribution in [-0.4, -0.2) is 14.7 Å². The van der Waals surface area contributed by atoms with Crippen LogP contribution in [0.15, 0.2) is 83.9 Å². The van der Waals surface area contributed by atoms with Gasteiger partial charge in [0.15, 0.2) is 0 Å². The summed E-state index contributed by atoms with van der Waals surface area (Å²) in [6.45, 7) is 0.419. The van der Waals surface area contributed by atoms with Crippen LogP contribution in [0.3, 0.4) is 0 Å². The molecule has 0 radical (unpaired) electrons. The van der Waals surface area contributed by atoms with Gasteiger partial charge in [-0.3, -0.25) is 9.78 Å². The van der Waals surface area contributed by atoms with Crippen LogP contribution in [0.5, 0.6) is 5.75 Å². The molecular weight excluding hydrogens is 312 g/mol. The highest BCUT2D eigenvalue weighted by atomic mass is 16.3. The molecule has 122 valence electrons. The summed E-state index contributed by atoms with van der Waals surface area (Å²) >= 11 is 0. The SMILES string of the molecule is O=c1c(-c2ccccc2)cc2c(O)cncc2n1Cc1ccccc1. The summed E-state index contributed by atoms with van der Waals surface area (Å²) in [5, 5.41) is 10.9. The second-order valence-electron chi connectivity index (χ2n) is 5.89. The van der Waals surface area contributed by atoms with Gasteiger partial charge in [-0.1, -0.05) is 60.7 Å². The van der Waals surface area contributed by atoms with Crippen molar-refractivity contribution in [2.75, 3.05) is 0 Å². The monoisotopic (exact) mass is 328 g/mol.